The highest BCUT2D eigenvalue weighted by molar-refractivity contribution is 8.15. The Morgan fingerprint density at radius 1 is 1.40 bits per heavy atom. The van der Waals surface area contributed by atoms with Gasteiger partial charge < -0.3 is 5.41 Å². The molecular formula is C16H19ClNPS. The Kier molecular flexibility index (Phi) is 6.75. The van der Waals surface area contributed by atoms with E-state index >= 15 is 0 Å². The average Bonchev–Trinajstić information content (AvgIpc) is 2.39. The Bertz CT molecular complexity index is 598. The molecule has 1 nitrogen and oxygen atoms in total. The molecule has 0 bridgehead atoms. The fourth-order valence-corrected chi connectivity index (χ4v) is 3.09. The Morgan fingerprint density at radius 3 is 2.55 bits per heavy atom. The first-order valence-electron chi connectivity index (χ1n) is 6.17. The molecule has 1 aromatic carbocycles. The first-order chi connectivity index (χ1) is 9.43. The van der Waals surface area contributed by atoms with Crippen molar-refractivity contribution in [1.82, 2.24) is 0 Å². The Balaban J connectivity index is 3.45. The van der Waals surface area contributed by atoms with E-state index in [-0.39, 0.29) is 0 Å². The number of halogens is 1. The zero-order chi connectivity index (χ0) is 15.3. The predicted molar refractivity (Wildman–Crippen MR) is 98.3 cm³/mol. The van der Waals surface area contributed by atoms with Crippen LogP contribution in [-0.2, 0) is 0 Å². The summed E-state index contributed by atoms with van der Waals surface area (Å²) in [5, 5.41) is 8.96. The standard InChI is InChI=1S/C16H19ClNPS/c1-5-12(13-7-6-8-14(19)16(13)17)15(10(2)3)11(4)20-9-18/h5-9,18H,4,19H2,1-3H3/b12-5+,18-9?. The van der Waals surface area contributed by atoms with Gasteiger partial charge in [-0.15, -0.1) is 9.24 Å². The van der Waals surface area contributed by atoms with Crippen molar-refractivity contribution in [2.24, 2.45) is 0 Å². The lowest BCUT2D eigenvalue weighted by Gasteiger charge is -2.17. The van der Waals surface area contributed by atoms with Crippen molar-refractivity contribution >= 4 is 49.0 Å². The van der Waals surface area contributed by atoms with Crippen LogP contribution < -0.4 is 5.30 Å². The molecule has 0 heterocycles. The molecule has 1 unspecified atom stereocenters. The molecule has 1 N–H and O–H groups in total. The summed E-state index contributed by atoms with van der Waals surface area (Å²) >= 11 is 7.75. The van der Waals surface area contributed by atoms with E-state index in [4.69, 9.17) is 17.0 Å². The van der Waals surface area contributed by atoms with Crippen LogP contribution in [0.5, 0.6) is 0 Å². The maximum absolute atomic E-state index is 7.25. The SMILES string of the molecule is C=C(SC=N)C(=C(C)C)/C(=C/C)c1cccc(P)c1Cl. The number of hydrogen-bond donors (Lipinski definition) is 1. The second kappa shape index (κ2) is 7.83. The van der Waals surface area contributed by atoms with Gasteiger partial charge in [-0.25, -0.2) is 0 Å². The molecule has 0 saturated heterocycles. The zero-order valence-corrected chi connectivity index (χ0v) is 14.7. The molecule has 0 radical (unpaired) electrons. The van der Waals surface area contributed by atoms with Crippen LogP contribution >= 0.6 is 32.6 Å². The van der Waals surface area contributed by atoms with E-state index in [2.05, 4.69) is 15.8 Å². The fraction of sp³-hybridized carbons (Fsp3) is 0.188. The second-order valence-corrected chi connectivity index (χ2v) is 6.41. The van der Waals surface area contributed by atoms with Crippen molar-refractivity contribution in [3.05, 3.63) is 57.5 Å². The highest BCUT2D eigenvalue weighted by Crippen LogP contribution is 2.37. The van der Waals surface area contributed by atoms with Crippen LogP contribution in [-0.4, -0.2) is 5.55 Å². The molecule has 0 fully saturated rings. The summed E-state index contributed by atoms with van der Waals surface area (Å²) in [6.07, 6.45) is 2.04. The van der Waals surface area contributed by atoms with Gasteiger partial charge in [-0.1, -0.05) is 59.8 Å². The van der Waals surface area contributed by atoms with Crippen LogP contribution in [0.4, 0.5) is 0 Å². The summed E-state index contributed by atoms with van der Waals surface area (Å²) in [6.45, 7) is 10.2. The molecular weight excluding hydrogens is 305 g/mol. The van der Waals surface area contributed by atoms with Crippen molar-refractivity contribution in [2.75, 3.05) is 0 Å². The first kappa shape index (κ1) is 17.2. The Hall–Kier alpha value is -0.820. The third-order valence-corrected chi connectivity index (χ3v) is 4.55. The van der Waals surface area contributed by atoms with Crippen molar-refractivity contribution < 1.29 is 0 Å². The lowest BCUT2D eigenvalue weighted by Crippen LogP contribution is -2.00. The van der Waals surface area contributed by atoms with Crippen molar-refractivity contribution in [2.45, 2.75) is 20.8 Å². The summed E-state index contributed by atoms with van der Waals surface area (Å²) in [4.78, 5) is 0.860. The van der Waals surface area contributed by atoms with E-state index in [0.29, 0.717) is 0 Å². The van der Waals surface area contributed by atoms with E-state index in [9.17, 15) is 0 Å². The normalized spacial score (nSPS) is 11.2. The van der Waals surface area contributed by atoms with E-state index in [1.165, 1.54) is 17.3 Å². The Labute approximate surface area is 132 Å². The van der Waals surface area contributed by atoms with Crippen LogP contribution in [0.1, 0.15) is 26.3 Å². The number of benzene rings is 1. The molecule has 0 saturated carbocycles. The van der Waals surface area contributed by atoms with Gasteiger partial charge in [-0.05, 0) is 37.2 Å². The third kappa shape index (κ3) is 3.85. The molecule has 0 aliphatic heterocycles. The minimum atomic E-state index is 0.733. The summed E-state index contributed by atoms with van der Waals surface area (Å²) in [5.41, 5.74) is 5.55. The number of rotatable bonds is 5. The Morgan fingerprint density at radius 2 is 2.05 bits per heavy atom. The van der Waals surface area contributed by atoms with E-state index in [1.807, 2.05) is 45.0 Å². The van der Waals surface area contributed by atoms with Gasteiger partial charge >= 0.3 is 0 Å². The van der Waals surface area contributed by atoms with E-state index in [1.54, 1.807) is 0 Å². The molecule has 4 heteroatoms. The van der Waals surface area contributed by atoms with E-state index in [0.717, 1.165) is 37.5 Å². The van der Waals surface area contributed by atoms with Crippen LogP contribution in [0.3, 0.4) is 0 Å². The highest BCUT2D eigenvalue weighted by Gasteiger charge is 2.15. The largest absolute Gasteiger partial charge is 0.302 e. The van der Waals surface area contributed by atoms with Crippen LogP contribution in [0.2, 0.25) is 5.02 Å². The highest BCUT2D eigenvalue weighted by atomic mass is 35.5. The number of nitrogens with one attached hydrogen (secondary N) is 1. The molecule has 0 spiro atoms. The smallest absolute Gasteiger partial charge is 0.0555 e. The minimum absolute atomic E-state index is 0.733. The fourth-order valence-electron chi connectivity index (χ4n) is 2.02. The van der Waals surface area contributed by atoms with E-state index < -0.39 is 0 Å². The topological polar surface area (TPSA) is 23.9 Å². The van der Waals surface area contributed by atoms with Gasteiger partial charge in [0.15, 0.2) is 0 Å². The summed E-state index contributed by atoms with van der Waals surface area (Å²) in [7, 11) is 2.65. The van der Waals surface area contributed by atoms with Gasteiger partial charge in [0.25, 0.3) is 0 Å². The number of thioether (sulfide) groups is 1. The van der Waals surface area contributed by atoms with Gasteiger partial charge in [0.05, 0.1) is 10.6 Å². The molecule has 0 amide bonds. The molecule has 0 aromatic heterocycles. The van der Waals surface area contributed by atoms with Crippen molar-refractivity contribution in [3.63, 3.8) is 0 Å². The lowest BCUT2D eigenvalue weighted by atomic mass is 9.94. The van der Waals surface area contributed by atoms with Gasteiger partial charge in [0.2, 0.25) is 0 Å². The number of hydrogen-bond acceptors (Lipinski definition) is 2. The second-order valence-electron chi connectivity index (χ2n) is 4.45. The third-order valence-electron chi connectivity index (χ3n) is 2.86. The molecule has 0 aliphatic rings. The van der Waals surface area contributed by atoms with Crippen LogP contribution in [0, 0.1) is 5.41 Å². The maximum atomic E-state index is 7.25. The summed E-state index contributed by atoms with van der Waals surface area (Å²) in [5.74, 6) is 0. The molecule has 0 aliphatic carbocycles. The van der Waals surface area contributed by atoms with Gasteiger partial charge in [0, 0.05) is 10.5 Å². The first-order valence-corrected chi connectivity index (χ1v) is 8.00. The van der Waals surface area contributed by atoms with Gasteiger partial charge in [0.1, 0.15) is 0 Å². The summed E-state index contributed by atoms with van der Waals surface area (Å²) in [6, 6.07) is 5.96. The van der Waals surface area contributed by atoms with Crippen LogP contribution in [0.25, 0.3) is 5.57 Å². The van der Waals surface area contributed by atoms with Gasteiger partial charge in [-0.2, -0.15) is 0 Å². The predicted octanol–water partition coefficient (Wildman–Crippen LogP) is 5.43. The van der Waals surface area contributed by atoms with Gasteiger partial charge in [-0.3, -0.25) is 0 Å². The van der Waals surface area contributed by atoms with Crippen molar-refractivity contribution in [3.8, 4) is 0 Å². The molecule has 1 aromatic rings. The summed E-state index contributed by atoms with van der Waals surface area (Å²) < 4.78 is 0. The minimum Gasteiger partial charge on any atom is -0.302 e. The molecule has 20 heavy (non-hydrogen) atoms. The number of allylic oxidation sites excluding steroid dienone is 4. The molecule has 1 rings (SSSR count). The zero-order valence-electron chi connectivity index (χ0n) is 12.0. The maximum Gasteiger partial charge on any atom is 0.0555 e. The molecule has 1 atom stereocenters. The monoisotopic (exact) mass is 323 g/mol. The molecule has 106 valence electrons. The van der Waals surface area contributed by atoms with Crippen molar-refractivity contribution in [1.29, 1.82) is 5.41 Å². The quantitative estimate of drug-likeness (QED) is 0.332. The lowest BCUT2D eigenvalue weighted by molar-refractivity contribution is 1.34. The van der Waals surface area contributed by atoms with Crippen LogP contribution in [0.15, 0.2) is 46.9 Å². The average molecular weight is 324 g/mol.